The third-order valence-electron chi connectivity index (χ3n) is 3.95. The summed E-state index contributed by atoms with van der Waals surface area (Å²) in [6.07, 6.45) is 5.07. The second-order valence-corrected chi connectivity index (χ2v) is 6.64. The number of carbonyl (C=O) groups excluding carboxylic acids is 1. The fourth-order valence-corrected chi connectivity index (χ4v) is 3.02. The van der Waals surface area contributed by atoms with Crippen molar-refractivity contribution in [2.24, 2.45) is 0 Å². The van der Waals surface area contributed by atoms with Crippen molar-refractivity contribution in [1.29, 1.82) is 0 Å². The molecule has 1 aliphatic carbocycles. The molecule has 0 unspecified atom stereocenters. The molecule has 1 fully saturated rings. The highest BCUT2D eigenvalue weighted by Gasteiger charge is 2.31. The summed E-state index contributed by atoms with van der Waals surface area (Å²) in [5.41, 5.74) is 0.249. The Labute approximate surface area is 128 Å². The van der Waals surface area contributed by atoms with Crippen molar-refractivity contribution in [1.82, 2.24) is 0 Å². The number of hydrogen-bond acceptors (Lipinski definition) is 3. The predicted octanol–water partition coefficient (Wildman–Crippen LogP) is 4.22. The van der Waals surface area contributed by atoms with Gasteiger partial charge in [-0.15, -0.1) is 0 Å². The van der Waals surface area contributed by atoms with Crippen LogP contribution in [0.3, 0.4) is 0 Å². The minimum Gasteiger partial charge on any atom is -0.489 e. The summed E-state index contributed by atoms with van der Waals surface area (Å²) >= 11 is 3.54. The average molecular weight is 341 g/mol. The van der Waals surface area contributed by atoms with Crippen LogP contribution in [0.5, 0.6) is 5.75 Å². The van der Waals surface area contributed by atoms with Crippen molar-refractivity contribution < 1.29 is 14.3 Å². The van der Waals surface area contributed by atoms with Crippen LogP contribution in [0.15, 0.2) is 22.7 Å². The molecule has 0 atom stereocenters. The van der Waals surface area contributed by atoms with Crippen LogP contribution in [-0.4, -0.2) is 19.2 Å². The van der Waals surface area contributed by atoms with Crippen molar-refractivity contribution in [3.63, 3.8) is 0 Å². The molecule has 0 N–H and O–H groups in total. The molecular weight excluding hydrogens is 320 g/mol. The molecule has 1 aliphatic rings. The van der Waals surface area contributed by atoms with E-state index in [4.69, 9.17) is 9.47 Å². The zero-order valence-electron chi connectivity index (χ0n) is 12.2. The number of methoxy groups -OCH3 is 1. The minimum absolute atomic E-state index is 0.242. The van der Waals surface area contributed by atoms with Gasteiger partial charge in [0.1, 0.15) is 5.75 Å². The van der Waals surface area contributed by atoms with Crippen LogP contribution < -0.4 is 4.74 Å². The third-order valence-corrected chi connectivity index (χ3v) is 4.56. The highest BCUT2D eigenvalue weighted by atomic mass is 79.9. The van der Waals surface area contributed by atoms with Gasteiger partial charge in [0.2, 0.25) is 0 Å². The van der Waals surface area contributed by atoms with Gasteiger partial charge in [-0.1, -0.05) is 6.07 Å². The number of carbonyl (C=O) groups is 1. The number of benzene rings is 1. The summed E-state index contributed by atoms with van der Waals surface area (Å²) in [5.74, 6) is 0.607. The Bertz CT molecular complexity index is 490. The highest BCUT2D eigenvalue weighted by molar-refractivity contribution is 9.10. The summed E-state index contributed by atoms with van der Waals surface area (Å²) in [6.45, 7) is 3.72. The van der Waals surface area contributed by atoms with E-state index < -0.39 is 5.41 Å². The lowest BCUT2D eigenvalue weighted by Crippen LogP contribution is -2.30. The van der Waals surface area contributed by atoms with E-state index in [-0.39, 0.29) is 5.97 Å². The van der Waals surface area contributed by atoms with E-state index in [2.05, 4.69) is 15.9 Å². The van der Waals surface area contributed by atoms with E-state index in [1.807, 2.05) is 32.0 Å². The molecule has 0 heterocycles. The number of halogens is 1. The first-order valence-corrected chi connectivity index (χ1v) is 7.79. The van der Waals surface area contributed by atoms with Crippen LogP contribution in [0.2, 0.25) is 0 Å². The number of rotatable bonds is 4. The molecule has 0 spiro atoms. The van der Waals surface area contributed by atoms with Gasteiger partial charge in [0, 0.05) is 0 Å². The van der Waals surface area contributed by atoms with Gasteiger partial charge in [-0.25, -0.2) is 0 Å². The molecule has 1 aromatic carbocycles. The average Bonchev–Trinajstić information content (AvgIpc) is 2.92. The Hall–Kier alpha value is -1.03. The van der Waals surface area contributed by atoms with Crippen molar-refractivity contribution in [3.8, 4) is 5.75 Å². The minimum atomic E-state index is -0.664. The molecule has 0 aliphatic heterocycles. The maximum atomic E-state index is 11.8. The molecule has 1 saturated carbocycles. The Morgan fingerprint density at radius 2 is 1.95 bits per heavy atom. The lowest BCUT2D eigenvalue weighted by atomic mass is 9.85. The Morgan fingerprint density at radius 1 is 1.30 bits per heavy atom. The summed E-state index contributed by atoms with van der Waals surface area (Å²) < 4.78 is 11.7. The van der Waals surface area contributed by atoms with E-state index in [9.17, 15) is 4.79 Å². The molecule has 3 nitrogen and oxygen atoms in total. The van der Waals surface area contributed by atoms with Gasteiger partial charge in [0.05, 0.1) is 23.1 Å². The number of hydrogen-bond donors (Lipinski definition) is 0. The number of ether oxygens (including phenoxy) is 2. The highest BCUT2D eigenvalue weighted by Crippen LogP contribution is 2.34. The summed E-state index contributed by atoms with van der Waals surface area (Å²) in [4.78, 5) is 11.8. The second kappa shape index (κ2) is 6.17. The second-order valence-electron chi connectivity index (χ2n) is 5.79. The fraction of sp³-hybridized carbons (Fsp3) is 0.562. The largest absolute Gasteiger partial charge is 0.489 e. The molecule has 20 heavy (non-hydrogen) atoms. The quantitative estimate of drug-likeness (QED) is 0.769. The molecule has 0 saturated heterocycles. The van der Waals surface area contributed by atoms with E-state index in [1.165, 1.54) is 20.0 Å². The fourth-order valence-electron chi connectivity index (χ4n) is 2.54. The van der Waals surface area contributed by atoms with Gasteiger partial charge in [-0.05, 0) is 73.2 Å². The van der Waals surface area contributed by atoms with Gasteiger partial charge in [-0.3, -0.25) is 4.79 Å². The zero-order valence-corrected chi connectivity index (χ0v) is 13.8. The molecule has 4 heteroatoms. The van der Waals surface area contributed by atoms with E-state index in [1.54, 1.807) is 0 Å². The molecule has 0 amide bonds. The van der Waals surface area contributed by atoms with Gasteiger partial charge in [-0.2, -0.15) is 0 Å². The van der Waals surface area contributed by atoms with Crippen LogP contribution in [0, 0.1) is 0 Å². The monoisotopic (exact) mass is 340 g/mol. The first-order chi connectivity index (χ1) is 9.45. The molecule has 110 valence electrons. The molecule has 0 bridgehead atoms. The van der Waals surface area contributed by atoms with E-state index in [0.717, 1.165) is 28.6 Å². The van der Waals surface area contributed by atoms with Crippen LogP contribution in [0.4, 0.5) is 0 Å². The van der Waals surface area contributed by atoms with Crippen LogP contribution in [0.25, 0.3) is 0 Å². The standard InChI is InChI=1S/C16H21BrO3/c1-16(2,15(18)19-3)11-8-9-14(13(17)10-11)20-12-6-4-5-7-12/h8-10,12H,4-7H2,1-3H3. The van der Waals surface area contributed by atoms with Crippen LogP contribution in [0.1, 0.15) is 45.1 Å². The SMILES string of the molecule is COC(=O)C(C)(C)c1ccc(OC2CCCC2)c(Br)c1. The van der Waals surface area contributed by atoms with E-state index >= 15 is 0 Å². The maximum absolute atomic E-state index is 11.8. The molecule has 0 radical (unpaired) electrons. The molecular formula is C16H21BrO3. The summed E-state index contributed by atoms with van der Waals surface area (Å²) in [6, 6.07) is 5.82. The Morgan fingerprint density at radius 3 is 2.50 bits per heavy atom. The Kier molecular flexibility index (Phi) is 4.74. The van der Waals surface area contributed by atoms with Crippen molar-refractivity contribution >= 4 is 21.9 Å². The molecule has 0 aromatic heterocycles. The summed E-state index contributed by atoms with van der Waals surface area (Å²) in [5, 5.41) is 0. The normalized spacial score (nSPS) is 16.2. The number of esters is 1. The first-order valence-electron chi connectivity index (χ1n) is 7.00. The van der Waals surface area contributed by atoms with Crippen LogP contribution in [-0.2, 0) is 14.9 Å². The van der Waals surface area contributed by atoms with Crippen molar-refractivity contribution in [2.45, 2.75) is 51.0 Å². The molecule has 2 rings (SSSR count). The molecule has 1 aromatic rings. The maximum Gasteiger partial charge on any atom is 0.315 e. The van der Waals surface area contributed by atoms with Gasteiger partial charge in [0.25, 0.3) is 0 Å². The van der Waals surface area contributed by atoms with Gasteiger partial charge < -0.3 is 9.47 Å². The third kappa shape index (κ3) is 3.17. The topological polar surface area (TPSA) is 35.5 Å². The first kappa shape index (κ1) is 15.4. The van der Waals surface area contributed by atoms with Crippen LogP contribution >= 0.6 is 15.9 Å². The van der Waals surface area contributed by atoms with E-state index in [0.29, 0.717) is 6.10 Å². The lowest BCUT2D eigenvalue weighted by molar-refractivity contribution is -0.146. The van der Waals surface area contributed by atoms with Gasteiger partial charge >= 0.3 is 5.97 Å². The van der Waals surface area contributed by atoms with Crippen molar-refractivity contribution in [2.75, 3.05) is 7.11 Å². The van der Waals surface area contributed by atoms with Crippen molar-refractivity contribution in [3.05, 3.63) is 28.2 Å². The smallest absolute Gasteiger partial charge is 0.315 e. The van der Waals surface area contributed by atoms with Gasteiger partial charge in [0.15, 0.2) is 0 Å². The Balaban J connectivity index is 2.18. The zero-order chi connectivity index (χ0) is 14.8. The summed E-state index contributed by atoms with van der Waals surface area (Å²) in [7, 11) is 1.41. The predicted molar refractivity (Wildman–Crippen MR) is 82.1 cm³/mol. The lowest BCUT2D eigenvalue weighted by Gasteiger charge is -2.23.